The van der Waals surface area contributed by atoms with E-state index in [0.717, 1.165) is 12.8 Å². The second-order valence-electron chi connectivity index (χ2n) is 5.80. The van der Waals surface area contributed by atoms with E-state index < -0.39 is 5.97 Å². The molecule has 0 bridgehead atoms. The lowest BCUT2D eigenvalue weighted by Gasteiger charge is -2.10. The summed E-state index contributed by atoms with van der Waals surface area (Å²) in [6, 6.07) is 9.00. The zero-order chi connectivity index (χ0) is 16.2. The molecule has 120 valence electrons. The van der Waals surface area contributed by atoms with Crippen LogP contribution in [0.3, 0.4) is 0 Å². The average molecular weight is 313 g/mol. The molecule has 0 atom stereocenters. The summed E-state index contributed by atoms with van der Waals surface area (Å²) in [5.41, 5.74) is 1.43. The molecule has 0 spiro atoms. The molecule has 1 aliphatic rings. The highest BCUT2D eigenvalue weighted by Gasteiger charge is 2.19. The fourth-order valence-electron chi connectivity index (χ4n) is 2.98. The van der Waals surface area contributed by atoms with Gasteiger partial charge in [-0.1, -0.05) is 31.0 Å². The van der Waals surface area contributed by atoms with E-state index in [-0.39, 0.29) is 12.3 Å². The minimum Gasteiger partial charge on any atom is -0.481 e. The number of carboxylic acid groups (broad SMARTS) is 1. The first-order valence-electron chi connectivity index (χ1n) is 7.79. The molecular weight excluding hydrogens is 294 g/mol. The third-order valence-electron chi connectivity index (χ3n) is 4.15. The lowest BCUT2D eigenvalue weighted by molar-refractivity contribution is -0.136. The van der Waals surface area contributed by atoms with Crippen LogP contribution in [0.1, 0.15) is 47.8 Å². The SMILES string of the molecule is O=C(O)Cc1ccccc1NC(=O)c1ccn(C2CCCC2)n1. The Hall–Kier alpha value is -2.63. The third-order valence-corrected chi connectivity index (χ3v) is 4.15. The van der Waals surface area contributed by atoms with Crippen molar-refractivity contribution < 1.29 is 14.7 Å². The van der Waals surface area contributed by atoms with Gasteiger partial charge in [0, 0.05) is 11.9 Å². The van der Waals surface area contributed by atoms with Gasteiger partial charge in [-0.2, -0.15) is 5.10 Å². The number of aromatic nitrogens is 2. The molecular formula is C17H19N3O3. The predicted octanol–water partition coefficient (Wildman–Crippen LogP) is 2.88. The molecule has 1 fully saturated rings. The van der Waals surface area contributed by atoms with Crippen LogP contribution in [0.15, 0.2) is 36.5 Å². The largest absolute Gasteiger partial charge is 0.481 e. The van der Waals surface area contributed by atoms with Gasteiger partial charge in [0.25, 0.3) is 5.91 Å². The maximum absolute atomic E-state index is 12.3. The van der Waals surface area contributed by atoms with E-state index in [2.05, 4.69) is 10.4 Å². The highest BCUT2D eigenvalue weighted by Crippen LogP contribution is 2.28. The number of hydrogen-bond acceptors (Lipinski definition) is 3. The van der Waals surface area contributed by atoms with Crippen molar-refractivity contribution >= 4 is 17.6 Å². The lowest BCUT2D eigenvalue weighted by atomic mass is 10.1. The van der Waals surface area contributed by atoms with Crippen LogP contribution in [0.25, 0.3) is 0 Å². The second-order valence-corrected chi connectivity index (χ2v) is 5.80. The zero-order valence-electron chi connectivity index (χ0n) is 12.7. The summed E-state index contributed by atoms with van der Waals surface area (Å²) in [5, 5.41) is 16.1. The van der Waals surface area contributed by atoms with E-state index in [1.807, 2.05) is 10.9 Å². The van der Waals surface area contributed by atoms with Crippen LogP contribution in [0.5, 0.6) is 0 Å². The van der Waals surface area contributed by atoms with Gasteiger partial charge in [0.2, 0.25) is 0 Å². The Morgan fingerprint density at radius 3 is 2.70 bits per heavy atom. The van der Waals surface area contributed by atoms with E-state index in [4.69, 9.17) is 5.11 Å². The monoisotopic (exact) mass is 313 g/mol. The summed E-state index contributed by atoms with van der Waals surface area (Å²) in [4.78, 5) is 23.2. The Morgan fingerprint density at radius 2 is 1.96 bits per heavy atom. The molecule has 1 aromatic heterocycles. The average Bonchev–Trinajstić information content (AvgIpc) is 3.19. The Balaban J connectivity index is 1.73. The molecule has 1 aliphatic carbocycles. The van der Waals surface area contributed by atoms with Crippen molar-refractivity contribution in [2.75, 3.05) is 5.32 Å². The van der Waals surface area contributed by atoms with Crippen molar-refractivity contribution in [3.05, 3.63) is 47.8 Å². The maximum atomic E-state index is 12.3. The Bertz CT molecular complexity index is 717. The summed E-state index contributed by atoms with van der Waals surface area (Å²) in [6.45, 7) is 0. The van der Waals surface area contributed by atoms with Crippen LogP contribution in [-0.4, -0.2) is 26.8 Å². The minimum absolute atomic E-state index is 0.132. The summed E-state index contributed by atoms with van der Waals surface area (Å²) >= 11 is 0. The number of anilines is 1. The minimum atomic E-state index is -0.933. The first-order chi connectivity index (χ1) is 11.1. The number of aliphatic carboxylic acids is 1. The van der Waals surface area contributed by atoms with Crippen molar-refractivity contribution in [2.45, 2.75) is 38.1 Å². The van der Waals surface area contributed by atoms with Crippen molar-refractivity contribution in [3.63, 3.8) is 0 Å². The van der Waals surface area contributed by atoms with Gasteiger partial charge in [-0.25, -0.2) is 0 Å². The normalized spacial score (nSPS) is 14.8. The summed E-state index contributed by atoms with van der Waals surface area (Å²) < 4.78 is 1.87. The van der Waals surface area contributed by atoms with E-state index in [1.54, 1.807) is 30.3 Å². The molecule has 0 unspecified atom stereocenters. The highest BCUT2D eigenvalue weighted by atomic mass is 16.4. The van der Waals surface area contributed by atoms with Gasteiger partial charge in [-0.15, -0.1) is 0 Å². The number of carbonyl (C=O) groups is 2. The van der Waals surface area contributed by atoms with Crippen LogP contribution in [-0.2, 0) is 11.2 Å². The fourth-order valence-corrected chi connectivity index (χ4v) is 2.98. The molecule has 2 aromatic rings. The molecule has 23 heavy (non-hydrogen) atoms. The Labute approximate surface area is 134 Å². The number of para-hydroxylation sites is 1. The number of rotatable bonds is 5. The summed E-state index contributed by atoms with van der Waals surface area (Å²) in [5.74, 6) is -1.25. The van der Waals surface area contributed by atoms with Crippen LogP contribution in [0.4, 0.5) is 5.69 Å². The summed E-state index contributed by atoms with van der Waals surface area (Å²) in [6.07, 6.45) is 6.32. The number of nitrogens with one attached hydrogen (secondary N) is 1. The molecule has 3 rings (SSSR count). The Kier molecular flexibility index (Phi) is 4.41. The van der Waals surface area contributed by atoms with Gasteiger partial charge >= 0.3 is 5.97 Å². The quantitative estimate of drug-likeness (QED) is 0.889. The number of carboxylic acids is 1. The summed E-state index contributed by atoms with van der Waals surface area (Å²) in [7, 11) is 0. The number of nitrogens with zero attached hydrogens (tertiary/aromatic N) is 2. The van der Waals surface area contributed by atoms with Crippen LogP contribution in [0, 0.1) is 0 Å². The molecule has 6 heteroatoms. The van der Waals surface area contributed by atoms with Gasteiger partial charge in [0.1, 0.15) is 0 Å². The molecule has 1 saturated carbocycles. The van der Waals surface area contributed by atoms with Gasteiger partial charge in [0.05, 0.1) is 12.5 Å². The number of hydrogen-bond donors (Lipinski definition) is 2. The predicted molar refractivity (Wildman–Crippen MR) is 85.5 cm³/mol. The molecule has 0 aliphatic heterocycles. The zero-order valence-corrected chi connectivity index (χ0v) is 12.7. The van der Waals surface area contributed by atoms with E-state index in [0.29, 0.717) is 23.0 Å². The van der Waals surface area contributed by atoms with E-state index >= 15 is 0 Å². The van der Waals surface area contributed by atoms with Gasteiger partial charge < -0.3 is 10.4 Å². The number of benzene rings is 1. The van der Waals surface area contributed by atoms with Crippen molar-refractivity contribution in [1.29, 1.82) is 0 Å². The third kappa shape index (κ3) is 3.59. The molecule has 1 amide bonds. The molecule has 1 aromatic carbocycles. The molecule has 0 radical (unpaired) electrons. The first-order valence-corrected chi connectivity index (χ1v) is 7.79. The highest BCUT2D eigenvalue weighted by molar-refractivity contribution is 6.03. The second kappa shape index (κ2) is 6.64. The van der Waals surface area contributed by atoms with Gasteiger partial charge in [-0.05, 0) is 30.5 Å². The first kappa shape index (κ1) is 15.3. The lowest BCUT2D eigenvalue weighted by Crippen LogP contribution is -2.16. The maximum Gasteiger partial charge on any atom is 0.307 e. The van der Waals surface area contributed by atoms with Gasteiger partial charge in [0.15, 0.2) is 5.69 Å². The fraction of sp³-hybridized carbons (Fsp3) is 0.353. The van der Waals surface area contributed by atoms with Crippen LogP contribution in [0.2, 0.25) is 0 Å². The van der Waals surface area contributed by atoms with Crippen LogP contribution < -0.4 is 5.32 Å². The molecule has 6 nitrogen and oxygen atoms in total. The Morgan fingerprint density at radius 1 is 1.22 bits per heavy atom. The topological polar surface area (TPSA) is 84.2 Å². The smallest absolute Gasteiger partial charge is 0.307 e. The number of amides is 1. The van der Waals surface area contributed by atoms with Gasteiger partial charge in [-0.3, -0.25) is 14.3 Å². The van der Waals surface area contributed by atoms with Crippen LogP contribution >= 0.6 is 0 Å². The molecule has 1 heterocycles. The van der Waals surface area contributed by atoms with Crippen molar-refractivity contribution in [3.8, 4) is 0 Å². The van der Waals surface area contributed by atoms with E-state index in [1.165, 1.54) is 12.8 Å². The van der Waals surface area contributed by atoms with E-state index in [9.17, 15) is 9.59 Å². The van der Waals surface area contributed by atoms with Crippen molar-refractivity contribution in [1.82, 2.24) is 9.78 Å². The molecule has 2 N–H and O–H groups in total. The standard InChI is InChI=1S/C17H19N3O3/c21-16(22)11-12-5-1-4-8-14(12)18-17(23)15-9-10-20(19-15)13-6-2-3-7-13/h1,4-5,8-10,13H,2-3,6-7,11H2,(H,18,23)(H,21,22). The number of carbonyl (C=O) groups excluding carboxylic acids is 1. The molecule has 0 saturated heterocycles. The van der Waals surface area contributed by atoms with Crippen molar-refractivity contribution in [2.24, 2.45) is 0 Å².